The first-order valence-corrected chi connectivity index (χ1v) is 13.5. The standard InChI is InChI=1S/C8H15N3O5.C6H14N2O2.C5H10N2O3.C3H7NO2.C2H5NO2/c9-4(1-2-6(11)12)8(15)16-3-5(10)7(13)14;7-4-2-1-3-5(8)6(9)10;1-3(7)5(9)10-4(8)2-6;1-2(4)3(5)6;3-1-2(4)5/h4-5H,1-3,9-10H2,(H2,11,12)(H,13,14);5H,1-4,7-8H2,(H,9,10);3H,2,6-7H2,1H3;2H,4H2,1H3,(H,5,6);1,3H2,(H,4,5)/t4-,5-;5-;3-;2-;/m0000./s1. The van der Waals surface area contributed by atoms with Crippen molar-refractivity contribution < 1.29 is 68.3 Å². The number of ether oxygens (including phenoxy) is 2. The van der Waals surface area contributed by atoms with Gasteiger partial charge in [-0.15, -0.1) is 0 Å². The van der Waals surface area contributed by atoms with Gasteiger partial charge in [0, 0.05) is 6.42 Å². The summed E-state index contributed by atoms with van der Waals surface area (Å²) >= 11 is 0. The van der Waals surface area contributed by atoms with Crippen molar-refractivity contribution in [3.8, 4) is 0 Å². The number of amides is 1. The average Bonchev–Trinajstić information content (AvgIpc) is 2.99. The zero-order valence-electron chi connectivity index (χ0n) is 26.3. The van der Waals surface area contributed by atoms with Crippen LogP contribution >= 0.6 is 0 Å². The Morgan fingerprint density at radius 3 is 1.36 bits per heavy atom. The van der Waals surface area contributed by atoms with E-state index in [2.05, 4.69) is 15.2 Å². The Morgan fingerprint density at radius 2 is 1.06 bits per heavy atom. The van der Waals surface area contributed by atoms with Gasteiger partial charge in [-0.2, -0.15) is 0 Å². The van der Waals surface area contributed by atoms with E-state index in [9.17, 15) is 38.4 Å². The Labute approximate surface area is 270 Å². The number of nitrogens with two attached hydrogens (primary N) is 9. The topological polar surface area (TPSA) is 470 Å². The van der Waals surface area contributed by atoms with E-state index >= 15 is 0 Å². The minimum Gasteiger partial charge on any atom is -0.480 e. The minimum atomic E-state index is -1.28. The molecule has 0 aromatic heterocycles. The van der Waals surface area contributed by atoms with Crippen molar-refractivity contribution in [2.45, 2.75) is 76.2 Å². The Hall–Kier alpha value is -4.36. The number of carbonyl (C=O) groups is 8. The molecular weight excluding hydrogens is 638 g/mol. The normalized spacial score (nSPS) is 12.6. The molecule has 1 amide bonds. The lowest BCUT2D eigenvalue weighted by atomic mass is 10.1. The monoisotopic (exact) mass is 689 g/mol. The fourth-order valence-corrected chi connectivity index (χ4v) is 1.64. The van der Waals surface area contributed by atoms with Gasteiger partial charge in [-0.05, 0) is 39.7 Å². The maximum absolute atomic E-state index is 11.1. The van der Waals surface area contributed by atoms with Crippen LogP contribution in [0.2, 0.25) is 0 Å². The minimum absolute atomic E-state index is 0.0404. The lowest BCUT2D eigenvalue weighted by molar-refractivity contribution is -0.159. The highest BCUT2D eigenvalue weighted by Crippen LogP contribution is 1.98. The smallest absolute Gasteiger partial charge is 0.330 e. The molecule has 276 valence electrons. The van der Waals surface area contributed by atoms with Crippen LogP contribution < -0.4 is 51.6 Å². The Morgan fingerprint density at radius 1 is 0.617 bits per heavy atom. The third kappa shape index (κ3) is 43.8. The number of carboxylic acid groups (broad SMARTS) is 4. The molecule has 0 aliphatic heterocycles. The summed E-state index contributed by atoms with van der Waals surface area (Å²) in [7, 11) is 0. The van der Waals surface area contributed by atoms with Crippen LogP contribution in [0, 0.1) is 0 Å². The van der Waals surface area contributed by atoms with Crippen molar-refractivity contribution in [1.29, 1.82) is 0 Å². The van der Waals surface area contributed by atoms with Gasteiger partial charge in [0.15, 0.2) is 0 Å². The summed E-state index contributed by atoms with van der Waals surface area (Å²) in [6.45, 7) is 2.40. The molecule has 0 bridgehead atoms. The van der Waals surface area contributed by atoms with Gasteiger partial charge in [-0.3, -0.25) is 33.6 Å². The molecule has 0 rings (SSSR count). The number of unbranched alkanes of at least 4 members (excludes halogenated alkanes) is 1. The van der Waals surface area contributed by atoms with Crippen molar-refractivity contribution in [2.75, 3.05) is 26.2 Å². The zero-order chi connectivity index (χ0) is 38.3. The number of rotatable bonds is 16. The van der Waals surface area contributed by atoms with Gasteiger partial charge in [0.05, 0.1) is 13.1 Å². The van der Waals surface area contributed by atoms with E-state index in [1.54, 1.807) is 0 Å². The molecule has 0 aromatic rings. The third-order valence-corrected chi connectivity index (χ3v) is 4.33. The van der Waals surface area contributed by atoms with Crippen LogP contribution in [-0.2, 0) is 47.8 Å². The van der Waals surface area contributed by atoms with Crippen molar-refractivity contribution in [3.05, 3.63) is 0 Å². The summed E-state index contributed by atoms with van der Waals surface area (Å²) in [5.41, 5.74) is 45.1. The number of carbonyl (C=O) groups excluding carboxylic acids is 4. The van der Waals surface area contributed by atoms with Crippen LogP contribution in [0.3, 0.4) is 0 Å². The van der Waals surface area contributed by atoms with E-state index in [1.165, 1.54) is 13.8 Å². The Balaban J connectivity index is -0.000000166. The van der Waals surface area contributed by atoms with Gasteiger partial charge in [0.25, 0.3) is 0 Å². The van der Waals surface area contributed by atoms with Crippen molar-refractivity contribution in [2.24, 2.45) is 51.6 Å². The SMILES string of the molecule is C[C@H](N)C(=O)O.C[C@H](N)C(=O)OC(=O)CN.NC(=O)CC[C@H](N)C(=O)OC[C@H](N)C(=O)O.NCC(=O)O.NCCCC[C@H](N)C(=O)O. The van der Waals surface area contributed by atoms with Crippen molar-refractivity contribution >= 4 is 47.7 Å². The molecule has 0 radical (unpaired) electrons. The average molecular weight is 690 g/mol. The molecule has 47 heavy (non-hydrogen) atoms. The lowest BCUT2D eigenvalue weighted by Gasteiger charge is -2.12. The quantitative estimate of drug-likeness (QED) is 0.0407. The van der Waals surface area contributed by atoms with Crippen LogP contribution in [0.25, 0.3) is 0 Å². The fraction of sp³-hybridized carbons (Fsp3) is 0.667. The van der Waals surface area contributed by atoms with Crippen LogP contribution in [0.5, 0.6) is 0 Å². The fourth-order valence-electron chi connectivity index (χ4n) is 1.64. The second kappa shape index (κ2) is 33.0. The van der Waals surface area contributed by atoms with E-state index in [1.807, 2.05) is 0 Å². The highest BCUT2D eigenvalue weighted by Gasteiger charge is 2.19. The number of esters is 3. The van der Waals surface area contributed by atoms with Crippen LogP contribution in [-0.4, -0.2) is 125 Å². The molecule has 0 heterocycles. The summed E-state index contributed by atoms with van der Waals surface area (Å²) < 4.78 is 8.67. The van der Waals surface area contributed by atoms with Crippen LogP contribution in [0.15, 0.2) is 0 Å². The summed E-state index contributed by atoms with van der Waals surface area (Å²) in [6, 6.07) is -4.52. The number of carboxylic acids is 4. The molecule has 0 unspecified atom stereocenters. The predicted molar refractivity (Wildman–Crippen MR) is 163 cm³/mol. The molecule has 22 N–H and O–H groups in total. The maximum atomic E-state index is 11.1. The highest BCUT2D eigenvalue weighted by atomic mass is 16.6. The van der Waals surface area contributed by atoms with E-state index in [-0.39, 0.29) is 25.9 Å². The van der Waals surface area contributed by atoms with Crippen molar-refractivity contribution in [3.63, 3.8) is 0 Å². The van der Waals surface area contributed by atoms with Crippen LogP contribution in [0.4, 0.5) is 0 Å². The molecule has 0 saturated heterocycles. The van der Waals surface area contributed by atoms with Gasteiger partial charge < -0.3 is 81.5 Å². The summed E-state index contributed by atoms with van der Waals surface area (Å²) in [6.07, 6.45) is 2.18. The molecular formula is C24H51N9O14. The summed E-state index contributed by atoms with van der Waals surface area (Å²) in [5, 5.41) is 32.2. The molecule has 0 saturated carbocycles. The summed E-state index contributed by atoms with van der Waals surface area (Å²) in [5.74, 6) is -7.04. The lowest BCUT2D eigenvalue weighted by Crippen LogP contribution is -2.39. The largest absolute Gasteiger partial charge is 0.480 e. The van der Waals surface area contributed by atoms with Crippen molar-refractivity contribution in [1.82, 2.24) is 0 Å². The second-order valence-corrected chi connectivity index (χ2v) is 8.93. The number of aliphatic carboxylic acids is 4. The Bertz CT molecular complexity index is 952. The van der Waals surface area contributed by atoms with Crippen LogP contribution in [0.1, 0.15) is 46.0 Å². The van der Waals surface area contributed by atoms with Gasteiger partial charge in [-0.25, -0.2) is 4.79 Å². The first kappa shape index (κ1) is 52.2. The molecule has 0 aliphatic carbocycles. The van der Waals surface area contributed by atoms with E-state index in [4.69, 9.17) is 66.3 Å². The molecule has 5 atom stereocenters. The number of primary amides is 1. The molecule has 0 aliphatic rings. The maximum Gasteiger partial charge on any atom is 0.330 e. The molecule has 0 fully saturated rings. The molecule has 0 spiro atoms. The molecule has 23 heteroatoms. The van der Waals surface area contributed by atoms with E-state index < -0.39 is 84.5 Å². The predicted octanol–water partition coefficient (Wildman–Crippen LogP) is -6.13. The summed E-state index contributed by atoms with van der Waals surface area (Å²) in [4.78, 5) is 81.6. The number of hydrogen-bond acceptors (Lipinski definition) is 18. The Kier molecular flexibility index (Phi) is 36.7. The molecule has 23 nitrogen and oxygen atoms in total. The highest BCUT2D eigenvalue weighted by molar-refractivity contribution is 5.88. The first-order valence-electron chi connectivity index (χ1n) is 13.5. The third-order valence-electron chi connectivity index (χ3n) is 4.33. The van der Waals surface area contributed by atoms with Gasteiger partial charge in [0.2, 0.25) is 5.91 Å². The van der Waals surface area contributed by atoms with E-state index in [0.717, 1.165) is 12.8 Å². The molecule has 0 aromatic carbocycles. The second-order valence-electron chi connectivity index (χ2n) is 8.93. The zero-order valence-corrected chi connectivity index (χ0v) is 26.3. The van der Waals surface area contributed by atoms with Gasteiger partial charge in [-0.1, -0.05) is 6.42 Å². The van der Waals surface area contributed by atoms with Gasteiger partial charge in [0.1, 0.15) is 36.8 Å². The first-order chi connectivity index (χ1) is 21.5. The van der Waals surface area contributed by atoms with Gasteiger partial charge >= 0.3 is 41.8 Å². The van der Waals surface area contributed by atoms with E-state index in [0.29, 0.717) is 13.0 Å². The number of hydrogen-bond donors (Lipinski definition) is 13.